The number of hydrogen-bond donors (Lipinski definition) is 1. The van der Waals surface area contributed by atoms with E-state index in [-0.39, 0.29) is 13.0 Å². The van der Waals surface area contributed by atoms with Crippen molar-refractivity contribution in [1.82, 2.24) is 0 Å². The van der Waals surface area contributed by atoms with Crippen LogP contribution in [0.5, 0.6) is 5.75 Å². The van der Waals surface area contributed by atoms with Crippen LogP contribution >= 0.6 is 11.6 Å². The van der Waals surface area contributed by atoms with Gasteiger partial charge in [0, 0.05) is 28.8 Å². The van der Waals surface area contributed by atoms with Crippen LogP contribution in [0.15, 0.2) is 34.7 Å². The first-order valence-corrected chi connectivity index (χ1v) is 9.88. The minimum Gasteiger partial charge on any atom is -0.487 e. The number of benzene rings is 2. The number of aryl methyl sites for hydroxylation is 2. The molecule has 1 N–H and O–H groups in total. The monoisotopic (exact) mass is 411 g/mol. The first-order chi connectivity index (χ1) is 13.9. The van der Waals surface area contributed by atoms with Crippen molar-refractivity contribution < 1.29 is 19.1 Å². The molecule has 0 bridgehead atoms. The molecule has 150 valence electrons. The Morgan fingerprint density at radius 3 is 2.72 bits per heavy atom. The third kappa shape index (κ3) is 4.72. The summed E-state index contributed by atoms with van der Waals surface area (Å²) in [5.74, 6) is 0.494. The Balaban J connectivity index is 1.87. The lowest BCUT2D eigenvalue weighted by Crippen LogP contribution is -2.03. The third-order valence-corrected chi connectivity index (χ3v) is 5.07. The predicted molar refractivity (Wildman–Crippen MR) is 111 cm³/mol. The van der Waals surface area contributed by atoms with Crippen LogP contribution in [0.4, 0.5) is 0 Å². The van der Waals surface area contributed by atoms with Crippen LogP contribution < -0.4 is 4.74 Å². The van der Waals surface area contributed by atoms with Gasteiger partial charge in [-0.2, -0.15) is 5.26 Å². The second-order valence-electron chi connectivity index (χ2n) is 6.96. The van der Waals surface area contributed by atoms with E-state index in [0.29, 0.717) is 22.8 Å². The number of carboxylic acid groups (broad SMARTS) is 1. The van der Waals surface area contributed by atoms with Gasteiger partial charge in [0.25, 0.3) is 0 Å². The SMILES string of the molecule is CCCc1cc2cc(Cl)cc(COc3ccc(CCC(=O)O)c(C)c3C#N)c2o1. The number of hydrogen-bond acceptors (Lipinski definition) is 4. The maximum atomic E-state index is 10.8. The average molecular weight is 412 g/mol. The number of ether oxygens (including phenoxy) is 1. The summed E-state index contributed by atoms with van der Waals surface area (Å²) in [5, 5.41) is 20.0. The Morgan fingerprint density at radius 1 is 1.24 bits per heavy atom. The fraction of sp³-hybridized carbons (Fsp3) is 0.304. The first kappa shape index (κ1) is 20.8. The highest BCUT2D eigenvalue weighted by atomic mass is 35.5. The molecular formula is C23H22ClNO4. The molecule has 0 fully saturated rings. The number of rotatable bonds is 8. The molecule has 0 aliphatic rings. The van der Waals surface area contributed by atoms with E-state index in [4.69, 9.17) is 25.9 Å². The van der Waals surface area contributed by atoms with E-state index in [0.717, 1.165) is 46.3 Å². The van der Waals surface area contributed by atoms with Crippen molar-refractivity contribution in [3.63, 3.8) is 0 Å². The Bertz CT molecular complexity index is 1090. The fourth-order valence-corrected chi connectivity index (χ4v) is 3.62. The van der Waals surface area contributed by atoms with Gasteiger partial charge in [-0.1, -0.05) is 24.6 Å². The predicted octanol–water partition coefficient (Wildman–Crippen LogP) is 5.82. The highest BCUT2D eigenvalue weighted by molar-refractivity contribution is 6.31. The van der Waals surface area contributed by atoms with E-state index in [1.165, 1.54) is 0 Å². The molecular weight excluding hydrogens is 390 g/mol. The Kier molecular flexibility index (Phi) is 6.46. The number of aliphatic carboxylic acids is 1. The highest BCUT2D eigenvalue weighted by Crippen LogP contribution is 2.30. The van der Waals surface area contributed by atoms with Gasteiger partial charge >= 0.3 is 5.97 Å². The van der Waals surface area contributed by atoms with E-state index in [1.54, 1.807) is 6.07 Å². The van der Waals surface area contributed by atoms with Crippen molar-refractivity contribution in [2.24, 2.45) is 0 Å². The molecule has 0 aliphatic heterocycles. The highest BCUT2D eigenvalue weighted by Gasteiger charge is 2.15. The number of nitriles is 1. The van der Waals surface area contributed by atoms with Gasteiger partial charge in [-0.05, 0) is 55.2 Å². The molecule has 6 heteroatoms. The summed E-state index contributed by atoms with van der Waals surface area (Å²) in [4.78, 5) is 10.8. The van der Waals surface area contributed by atoms with Gasteiger partial charge in [0.1, 0.15) is 29.8 Å². The Labute approximate surface area is 174 Å². The zero-order valence-corrected chi connectivity index (χ0v) is 17.2. The molecule has 29 heavy (non-hydrogen) atoms. The summed E-state index contributed by atoms with van der Waals surface area (Å²) in [5.41, 5.74) is 3.54. The van der Waals surface area contributed by atoms with Crippen molar-refractivity contribution in [1.29, 1.82) is 5.26 Å². The minimum absolute atomic E-state index is 0.0188. The molecule has 0 unspecified atom stereocenters. The first-order valence-electron chi connectivity index (χ1n) is 9.51. The number of halogens is 1. The van der Waals surface area contributed by atoms with Crippen LogP contribution in [-0.2, 0) is 24.2 Å². The number of fused-ring (bicyclic) bond motifs is 1. The van der Waals surface area contributed by atoms with Gasteiger partial charge in [-0.15, -0.1) is 0 Å². The van der Waals surface area contributed by atoms with Crippen molar-refractivity contribution in [3.8, 4) is 11.8 Å². The summed E-state index contributed by atoms with van der Waals surface area (Å²) in [6.45, 7) is 4.11. The zero-order chi connectivity index (χ0) is 21.0. The van der Waals surface area contributed by atoms with Crippen molar-refractivity contribution >= 4 is 28.5 Å². The van der Waals surface area contributed by atoms with E-state index >= 15 is 0 Å². The lowest BCUT2D eigenvalue weighted by Gasteiger charge is -2.13. The molecule has 3 rings (SSSR count). The van der Waals surface area contributed by atoms with Crippen molar-refractivity contribution in [2.45, 2.75) is 46.1 Å². The minimum atomic E-state index is -0.867. The number of furan rings is 1. The molecule has 1 aromatic heterocycles. The number of nitrogens with zero attached hydrogens (tertiary/aromatic N) is 1. The van der Waals surface area contributed by atoms with E-state index in [2.05, 4.69) is 13.0 Å². The molecule has 0 spiro atoms. The lowest BCUT2D eigenvalue weighted by atomic mass is 9.98. The molecule has 1 heterocycles. The molecule has 0 amide bonds. The van der Waals surface area contributed by atoms with E-state index < -0.39 is 5.97 Å². The summed E-state index contributed by atoms with van der Waals surface area (Å²) in [7, 11) is 0. The van der Waals surface area contributed by atoms with Crippen LogP contribution in [0.3, 0.4) is 0 Å². The Hall–Kier alpha value is -2.97. The standard InChI is InChI=1S/C23H22ClNO4/c1-3-4-19-11-16-9-18(24)10-17(23(16)29-19)13-28-21-7-5-15(6-8-22(26)27)14(2)20(21)12-25/h5,7,9-11H,3-4,6,8,13H2,1-2H3,(H,26,27). The van der Waals surface area contributed by atoms with Gasteiger partial charge in [0.2, 0.25) is 0 Å². The van der Waals surface area contributed by atoms with Gasteiger partial charge in [-0.3, -0.25) is 4.79 Å². The molecule has 2 aromatic carbocycles. The number of carboxylic acids is 1. The lowest BCUT2D eigenvalue weighted by molar-refractivity contribution is -0.136. The normalized spacial score (nSPS) is 10.8. The molecule has 5 nitrogen and oxygen atoms in total. The second-order valence-corrected chi connectivity index (χ2v) is 7.40. The molecule has 0 saturated carbocycles. The molecule has 0 atom stereocenters. The maximum Gasteiger partial charge on any atom is 0.303 e. The van der Waals surface area contributed by atoms with Gasteiger partial charge in [-0.25, -0.2) is 0 Å². The van der Waals surface area contributed by atoms with Crippen LogP contribution in [0.1, 0.15) is 47.8 Å². The van der Waals surface area contributed by atoms with Gasteiger partial charge < -0.3 is 14.3 Å². The summed E-state index contributed by atoms with van der Waals surface area (Å²) >= 11 is 6.26. The van der Waals surface area contributed by atoms with Crippen LogP contribution in [0, 0.1) is 18.3 Å². The molecule has 0 aliphatic carbocycles. The molecule has 3 aromatic rings. The number of carbonyl (C=O) groups is 1. The maximum absolute atomic E-state index is 10.8. The smallest absolute Gasteiger partial charge is 0.303 e. The fourth-order valence-electron chi connectivity index (χ4n) is 3.37. The second kappa shape index (κ2) is 9.02. The van der Waals surface area contributed by atoms with E-state index in [1.807, 2.05) is 31.2 Å². The largest absolute Gasteiger partial charge is 0.487 e. The van der Waals surface area contributed by atoms with Crippen molar-refractivity contribution in [2.75, 3.05) is 0 Å². The van der Waals surface area contributed by atoms with Gasteiger partial charge in [0.15, 0.2) is 0 Å². The van der Waals surface area contributed by atoms with Crippen LogP contribution in [0.2, 0.25) is 5.02 Å². The third-order valence-electron chi connectivity index (χ3n) is 4.85. The Morgan fingerprint density at radius 2 is 2.03 bits per heavy atom. The van der Waals surface area contributed by atoms with E-state index in [9.17, 15) is 10.1 Å². The summed E-state index contributed by atoms with van der Waals surface area (Å²) < 4.78 is 11.9. The van der Waals surface area contributed by atoms with Crippen LogP contribution in [-0.4, -0.2) is 11.1 Å². The topological polar surface area (TPSA) is 83.5 Å². The van der Waals surface area contributed by atoms with Crippen molar-refractivity contribution in [3.05, 3.63) is 63.4 Å². The molecule has 0 saturated heterocycles. The zero-order valence-electron chi connectivity index (χ0n) is 16.4. The van der Waals surface area contributed by atoms with Gasteiger partial charge in [0.05, 0.1) is 5.56 Å². The summed E-state index contributed by atoms with van der Waals surface area (Å²) in [6, 6.07) is 11.4. The molecule has 0 radical (unpaired) electrons. The quantitative estimate of drug-likeness (QED) is 0.505. The van der Waals surface area contributed by atoms with Crippen LogP contribution in [0.25, 0.3) is 11.0 Å². The summed E-state index contributed by atoms with van der Waals surface area (Å²) in [6.07, 6.45) is 2.23. The average Bonchev–Trinajstić information content (AvgIpc) is 3.07.